The number of aromatic nitrogens is 2. The molecule has 0 fully saturated rings. The zero-order chi connectivity index (χ0) is 25.4. The summed E-state index contributed by atoms with van der Waals surface area (Å²) in [5.41, 5.74) is 1.50. The van der Waals surface area contributed by atoms with Crippen LogP contribution in [0.3, 0.4) is 0 Å². The summed E-state index contributed by atoms with van der Waals surface area (Å²) < 4.78 is 37.1. The summed E-state index contributed by atoms with van der Waals surface area (Å²) in [6, 6.07) is 12.6. The Morgan fingerprint density at radius 2 is 1.66 bits per heavy atom. The Morgan fingerprint density at radius 1 is 1.00 bits per heavy atom. The first-order valence-electron chi connectivity index (χ1n) is 10.9. The average Bonchev–Trinajstić information content (AvgIpc) is 3.33. The molecule has 0 unspecified atom stereocenters. The minimum Gasteiger partial charge on any atom is -0.462 e. The topological polar surface area (TPSA) is 132 Å². The maximum absolute atomic E-state index is 12.6. The number of nitrogens with one attached hydrogen (secondary N) is 1. The zero-order valence-corrected chi connectivity index (χ0v) is 21.2. The average molecular weight is 519 g/mol. The van der Waals surface area contributed by atoms with Gasteiger partial charge in [0.2, 0.25) is 21.8 Å². The second kappa shape index (κ2) is 12.0. The van der Waals surface area contributed by atoms with Crippen molar-refractivity contribution in [1.82, 2.24) is 14.5 Å². The molecule has 0 aliphatic heterocycles. The lowest BCUT2D eigenvalue weighted by Crippen LogP contribution is -2.30. The molecular formula is C23H26N4O6S2. The number of hydrogen-bond donors (Lipinski definition) is 1. The molecule has 10 nitrogen and oxygen atoms in total. The third-order valence-electron chi connectivity index (χ3n) is 4.86. The van der Waals surface area contributed by atoms with Gasteiger partial charge >= 0.3 is 5.97 Å². The molecule has 0 atom stereocenters. The van der Waals surface area contributed by atoms with Crippen molar-refractivity contribution >= 4 is 39.3 Å². The van der Waals surface area contributed by atoms with Crippen LogP contribution in [0.2, 0.25) is 0 Å². The summed E-state index contributed by atoms with van der Waals surface area (Å²) in [4.78, 5) is 24.1. The van der Waals surface area contributed by atoms with E-state index in [1.165, 1.54) is 16.4 Å². The van der Waals surface area contributed by atoms with Crippen LogP contribution in [-0.4, -0.2) is 60.2 Å². The van der Waals surface area contributed by atoms with Crippen LogP contribution in [0.5, 0.6) is 0 Å². The summed E-state index contributed by atoms with van der Waals surface area (Å²) in [7, 11) is -3.55. The van der Waals surface area contributed by atoms with Crippen molar-refractivity contribution in [2.75, 3.05) is 30.8 Å². The quantitative estimate of drug-likeness (QED) is 0.298. The van der Waals surface area contributed by atoms with Crippen LogP contribution in [0.1, 0.15) is 31.1 Å². The normalized spacial score (nSPS) is 11.4. The summed E-state index contributed by atoms with van der Waals surface area (Å²) in [5.74, 6) is -0.463. The molecule has 1 N–H and O–H groups in total. The van der Waals surface area contributed by atoms with Crippen LogP contribution in [0.25, 0.3) is 11.5 Å². The van der Waals surface area contributed by atoms with Gasteiger partial charge in [0.05, 0.1) is 22.8 Å². The van der Waals surface area contributed by atoms with Crippen molar-refractivity contribution in [2.45, 2.75) is 30.9 Å². The standard InChI is InChI=1S/C23H26N4O6S2/c1-4-27(5-2)35(30,31)19-13-9-16(10-14-19)21-25-26-23(33-21)34-15-20(28)24-18-11-7-17(8-12-18)22(29)32-6-3/h7-14H,4-6,15H2,1-3H3,(H,24,28). The molecule has 0 saturated carbocycles. The molecule has 0 saturated heterocycles. The van der Waals surface area contributed by atoms with Gasteiger partial charge in [-0.25, -0.2) is 13.2 Å². The number of carbonyl (C=O) groups is 2. The first-order valence-corrected chi connectivity index (χ1v) is 13.3. The maximum atomic E-state index is 12.6. The third kappa shape index (κ3) is 6.68. The Hall–Kier alpha value is -3.22. The molecule has 1 amide bonds. The van der Waals surface area contributed by atoms with E-state index in [0.717, 1.165) is 11.8 Å². The second-order valence-corrected chi connectivity index (χ2v) is 9.99. The number of carbonyl (C=O) groups excluding carboxylic acids is 2. The van der Waals surface area contributed by atoms with E-state index in [4.69, 9.17) is 9.15 Å². The van der Waals surface area contributed by atoms with Crippen LogP contribution >= 0.6 is 11.8 Å². The Morgan fingerprint density at radius 3 is 2.26 bits per heavy atom. The summed E-state index contributed by atoms with van der Waals surface area (Å²) in [6.45, 7) is 6.36. The molecule has 2 aromatic carbocycles. The van der Waals surface area contributed by atoms with Crippen LogP contribution in [0, 0.1) is 0 Å². The van der Waals surface area contributed by atoms with Gasteiger partial charge in [-0.15, -0.1) is 10.2 Å². The number of anilines is 1. The molecule has 0 radical (unpaired) electrons. The Balaban J connectivity index is 1.56. The van der Waals surface area contributed by atoms with E-state index in [-0.39, 0.29) is 34.3 Å². The molecule has 12 heteroatoms. The smallest absolute Gasteiger partial charge is 0.338 e. The van der Waals surface area contributed by atoms with Crippen LogP contribution in [0.4, 0.5) is 5.69 Å². The number of rotatable bonds is 11. The van der Waals surface area contributed by atoms with E-state index < -0.39 is 16.0 Å². The molecule has 0 bridgehead atoms. The molecule has 35 heavy (non-hydrogen) atoms. The van der Waals surface area contributed by atoms with E-state index in [1.54, 1.807) is 57.2 Å². The second-order valence-electron chi connectivity index (χ2n) is 7.12. The number of benzene rings is 2. The number of esters is 1. The lowest BCUT2D eigenvalue weighted by molar-refractivity contribution is -0.113. The SMILES string of the molecule is CCOC(=O)c1ccc(NC(=O)CSc2nnc(-c3ccc(S(=O)(=O)N(CC)CC)cc3)o2)cc1. The van der Waals surface area contributed by atoms with Crippen molar-refractivity contribution in [3.05, 3.63) is 54.1 Å². The van der Waals surface area contributed by atoms with Crippen LogP contribution < -0.4 is 5.32 Å². The number of hydrogen-bond acceptors (Lipinski definition) is 9. The van der Waals surface area contributed by atoms with Gasteiger partial charge in [0.1, 0.15) is 0 Å². The minimum absolute atomic E-state index is 0.0301. The molecule has 3 rings (SSSR count). The van der Waals surface area contributed by atoms with E-state index in [9.17, 15) is 18.0 Å². The largest absolute Gasteiger partial charge is 0.462 e. The zero-order valence-electron chi connectivity index (χ0n) is 19.6. The first kappa shape index (κ1) is 26.4. The Kier molecular flexibility index (Phi) is 9.01. The van der Waals surface area contributed by atoms with Gasteiger partial charge in [-0.2, -0.15) is 4.31 Å². The highest BCUT2D eigenvalue weighted by atomic mass is 32.2. The van der Waals surface area contributed by atoms with Crippen LogP contribution in [-0.2, 0) is 19.6 Å². The number of sulfonamides is 1. The number of nitrogens with zero attached hydrogens (tertiary/aromatic N) is 3. The molecule has 0 aliphatic rings. The number of amides is 1. The lowest BCUT2D eigenvalue weighted by Gasteiger charge is -2.18. The van der Waals surface area contributed by atoms with Crippen molar-refractivity contribution in [3.63, 3.8) is 0 Å². The predicted octanol–water partition coefficient (Wildman–Crippen LogP) is 3.67. The van der Waals surface area contributed by atoms with E-state index in [2.05, 4.69) is 15.5 Å². The maximum Gasteiger partial charge on any atom is 0.338 e. The first-order chi connectivity index (χ1) is 16.8. The minimum atomic E-state index is -3.55. The molecule has 3 aromatic rings. The summed E-state index contributed by atoms with van der Waals surface area (Å²) >= 11 is 1.07. The Labute approximate surface area is 208 Å². The fraction of sp³-hybridized carbons (Fsp3) is 0.304. The van der Waals surface area contributed by atoms with Gasteiger partial charge in [0.25, 0.3) is 5.22 Å². The molecule has 0 spiro atoms. The van der Waals surface area contributed by atoms with Crippen LogP contribution in [0.15, 0.2) is 63.1 Å². The monoisotopic (exact) mass is 518 g/mol. The van der Waals surface area contributed by atoms with Gasteiger partial charge in [0.15, 0.2) is 0 Å². The van der Waals surface area contributed by atoms with Gasteiger partial charge < -0.3 is 14.5 Å². The molecular weight excluding hydrogens is 492 g/mol. The predicted molar refractivity (Wildman–Crippen MR) is 132 cm³/mol. The van der Waals surface area contributed by atoms with Gasteiger partial charge in [-0.1, -0.05) is 25.6 Å². The number of thioether (sulfide) groups is 1. The van der Waals surface area contributed by atoms with E-state index in [0.29, 0.717) is 29.9 Å². The van der Waals surface area contributed by atoms with E-state index in [1.807, 2.05) is 0 Å². The highest BCUT2D eigenvalue weighted by Gasteiger charge is 2.22. The molecule has 186 valence electrons. The van der Waals surface area contributed by atoms with E-state index >= 15 is 0 Å². The van der Waals surface area contributed by atoms with Crippen molar-refractivity contribution < 1.29 is 27.2 Å². The van der Waals surface area contributed by atoms with Crippen molar-refractivity contribution in [2.24, 2.45) is 0 Å². The van der Waals surface area contributed by atoms with Gasteiger partial charge in [-0.05, 0) is 55.5 Å². The van der Waals surface area contributed by atoms with Gasteiger partial charge in [-0.3, -0.25) is 4.79 Å². The summed E-state index contributed by atoms with van der Waals surface area (Å²) in [6.07, 6.45) is 0. The Bertz CT molecular complexity index is 1250. The molecule has 1 aromatic heterocycles. The van der Waals surface area contributed by atoms with Crippen molar-refractivity contribution in [3.8, 4) is 11.5 Å². The third-order valence-corrected chi connectivity index (χ3v) is 7.74. The fourth-order valence-corrected chi connectivity index (χ4v) is 5.12. The number of ether oxygens (including phenoxy) is 1. The highest BCUT2D eigenvalue weighted by Crippen LogP contribution is 2.25. The fourth-order valence-electron chi connectivity index (χ4n) is 3.10. The lowest BCUT2D eigenvalue weighted by atomic mass is 10.2. The molecule has 1 heterocycles. The highest BCUT2D eigenvalue weighted by molar-refractivity contribution is 7.99. The molecule has 0 aliphatic carbocycles. The van der Waals surface area contributed by atoms with Gasteiger partial charge in [0, 0.05) is 24.3 Å². The van der Waals surface area contributed by atoms with Crippen molar-refractivity contribution in [1.29, 1.82) is 0 Å². The summed E-state index contributed by atoms with van der Waals surface area (Å²) in [5, 5.41) is 10.8.